The van der Waals surface area contributed by atoms with Crippen LogP contribution in [-0.4, -0.2) is 64.8 Å². The molecule has 0 aliphatic carbocycles. The molecule has 3 N–H and O–H groups in total. The maximum absolute atomic E-state index is 5.49. The van der Waals surface area contributed by atoms with Crippen molar-refractivity contribution >= 4 is 0 Å². The number of nitrogens with zero attached hydrogens (tertiary/aromatic N) is 4. The van der Waals surface area contributed by atoms with Crippen molar-refractivity contribution in [2.24, 2.45) is 5.73 Å². The Kier molecular flexibility index (Phi) is 3.52. The summed E-state index contributed by atoms with van der Waals surface area (Å²) in [4.78, 5) is 9.07. The quantitative estimate of drug-likeness (QED) is 0.692. The van der Waals surface area contributed by atoms with Crippen molar-refractivity contribution in [3.05, 3.63) is 11.6 Å². The highest BCUT2D eigenvalue weighted by Crippen LogP contribution is 2.10. The van der Waals surface area contributed by atoms with E-state index in [4.69, 9.17) is 5.73 Å². The number of aromatic nitrogens is 3. The second-order valence-corrected chi connectivity index (χ2v) is 4.50. The van der Waals surface area contributed by atoms with Gasteiger partial charge in [0.15, 0.2) is 5.82 Å². The zero-order valence-electron chi connectivity index (χ0n) is 9.98. The lowest BCUT2D eigenvalue weighted by Gasteiger charge is -2.37. The van der Waals surface area contributed by atoms with E-state index in [0.29, 0.717) is 12.6 Å². The number of piperazine rings is 1. The monoisotopic (exact) mass is 224 g/mol. The molecule has 6 heteroatoms. The highest BCUT2D eigenvalue weighted by Gasteiger charge is 2.23. The molecule has 0 spiro atoms. The SMILES string of the molecule is CN1CCN(C)C(Cc2n[nH]c(CN)n2)C1. The van der Waals surface area contributed by atoms with Gasteiger partial charge in [0.05, 0.1) is 6.54 Å². The van der Waals surface area contributed by atoms with Crippen LogP contribution in [0.3, 0.4) is 0 Å². The van der Waals surface area contributed by atoms with Crippen molar-refractivity contribution in [1.82, 2.24) is 25.0 Å². The summed E-state index contributed by atoms with van der Waals surface area (Å²) in [5.74, 6) is 1.63. The molecule has 1 atom stereocenters. The maximum atomic E-state index is 5.49. The minimum Gasteiger partial charge on any atom is -0.324 e. The number of H-pyrrole nitrogens is 1. The van der Waals surface area contributed by atoms with Crippen LogP contribution in [0.5, 0.6) is 0 Å². The lowest BCUT2D eigenvalue weighted by Crippen LogP contribution is -2.50. The van der Waals surface area contributed by atoms with Gasteiger partial charge in [-0.2, -0.15) is 5.10 Å². The Morgan fingerprint density at radius 2 is 2.25 bits per heavy atom. The summed E-state index contributed by atoms with van der Waals surface area (Å²) in [6.45, 7) is 3.74. The van der Waals surface area contributed by atoms with Gasteiger partial charge in [-0.1, -0.05) is 0 Å². The molecule has 16 heavy (non-hydrogen) atoms. The van der Waals surface area contributed by atoms with Crippen LogP contribution in [0.4, 0.5) is 0 Å². The Labute approximate surface area is 95.8 Å². The van der Waals surface area contributed by atoms with Crippen LogP contribution in [0.2, 0.25) is 0 Å². The van der Waals surface area contributed by atoms with Crippen LogP contribution in [-0.2, 0) is 13.0 Å². The fraction of sp³-hybridized carbons (Fsp3) is 0.800. The van der Waals surface area contributed by atoms with Gasteiger partial charge >= 0.3 is 0 Å². The summed E-state index contributed by atoms with van der Waals surface area (Å²) in [7, 11) is 4.32. The van der Waals surface area contributed by atoms with Crippen molar-refractivity contribution in [3.8, 4) is 0 Å². The van der Waals surface area contributed by atoms with E-state index in [1.807, 2.05) is 0 Å². The first kappa shape index (κ1) is 11.5. The minimum absolute atomic E-state index is 0.424. The fourth-order valence-corrected chi connectivity index (χ4v) is 2.05. The zero-order chi connectivity index (χ0) is 11.5. The van der Waals surface area contributed by atoms with Gasteiger partial charge in [0, 0.05) is 32.1 Å². The Bertz CT molecular complexity index is 336. The predicted molar refractivity (Wildman–Crippen MR) is 61.9 cm³/mol. The summed E-state index contributed by atoms with van der Waals surface area (Å²) in [6, 6.07) is 0.500. The molecule has 1 aromatic heterocycles. The third kappa shape index (κ3) is 2.58. The number of rotatable bonds is 3. The van der Waals surface area contributed by atoms with Gasteiger partial charge in [-0.15, -0.1) is 0 Å². The molecule has 1 saturated heterocycles. The van der Waals surface area contributed by atoms with E-state index < -0.39 is 0 Å². The van der Waals surface area contributed by atoms with E-state index in [9.17, 15) is 0 Å². The number of nitrogens with two attached hydrogens (primary N) is 1. The van der Waals surface area contributed by atoms with Crippen LogP contribution in [0.25, 0.3) is 0 Å². The van der Waals surface area contributed by atoms with Gasteiger partial charge in [0.1, 0.15) is 5.82 Å². The Morgan fingerprint density at radius 1 is 1.44 bits per heavy atom. The molecule has 2 rings (SSSR count). The van der Waals surface area contributed by atoms with Gasteiger partial charge in [0.25, 0.3) is 0 Å². The van der Waals surface area contributed by atoms with E-state index >= 15 is 0 Å². The van der Waals surface area contributed by atoms with Crippen molar-refractivity contribution in [2.75, 3.05) is 33.7 Å². The average Bonchev–Trinajstić information content (AvgIpc) is 2.71. The van der Waals surface area contributed by atoms with Gasteiger partial charge in [-0.25, -0.2) is 4.98 Å². The lowest BCUT2D eigenvalue weighted by atomic mass is 10.1. The highest BCUT2D eigenvalue weighted by molar-refractivity contribution is 4.94. The predicted octanol–water partition coefficient (Wildman–Crippen LogP) is -0.948. The van der Waals surface area contributed by atoms with Gasteiger partial charge in [-0.3, -0.25) is 5.10 Å². The molecular formula is C10H20N6. The van der Waals surface area contributed by atoms with Crippen LogP contribution in [0.15, 0.2) is 0 Å². The van der Waals surface area contributed by atoms with E-state index in [2.05, 4.69) is 39.1 Å². The van der Waals surface area contributed by atoms with Gasteiger partial charge < -0.3 is 15.5 Å². The standard InChI is InChI=1S/C10H20N6/c1-15-3-4-16(2)8(7-15)5-9-12-10(6-11)14-13-9/h8H,3-7,11H2,1-2H3,(H,12,13,14). The molecule has 0 radical (unpaired) electrons. The normalized spacial score (nSPS) is 23.8. The molecular weight excluding hydrogens is 204 g/mol. The van der Waals surface area contributed by atoms with Crippen molar-refractivity contribution in [1.29, 1.82) is 0 Å². The van der Waals surface area contributed by atoms with Gasteiger partial charge in [-0.05, 0) is 14.1 Å². The number of hydrogen-bond donors (Lipinski definition) is 2. The second-order valence-electron chi connectivity index (χ2n) is 4.50. The summed E-state index contributed by atoms with van der Waals surface area (Å²) in [5.41, 5.74) is 5.49. The molecule has 1 aromatic rings. The first-order valence-corrected chi connectivity index (χ1v) is 5.68. The van der Waals surface area contributed by atoms with Crippen LogP contribution >= 0.6 is 0 Å². The third-order valence-corrected chi connectivity index (χ3v) is 3.17. The Hall–Kier alpha value is -0.980. The number of likely N-dealkylation sites (N-methyl/N-ethyl adjacent to an activating group) is 2. The van der Waals surface area contributed by atoms with E-state index in [1.165, 1.54) is 0 Å². The van der Waals surface area contributed by atoms with Crippen LogP contribution < -0.4 is 5.73 Å². The highest BCUT2D eigenvalue weighted by atomic mass is 15.3. The fourth-order valence-electron chi connectivity index (χ4n) is 2.05. The first-order chi connectivity index (χ1) is 7.69. The van der Waals surface area contributed by atoms with Crippen molar-refractivity contribution in [3.63, 3.8) is 0 Å². The van der Waals surface area contributed by atoms with E-state index in [-0.39, 0.29) is 0 Å². The molecule has 1 fully saturated rings. The van der Waals surface area contributed by atoms with E-state index in [0.717, 1.165) is 37.7 Å². The molecule has 0 bridgehead atoms. The number of hydrogen-bond acceptors (Lipinski definition) is 5. The molecule has 0 aromatic carbocycles. The molecule has 6 nitrogen and oxygen atoms in total. The smallest absolute Gasteiger partial charge is 0.152 e. The van der Waals surface area contributed by atoms with Crippen LogP contribution in [0, 0.1) is 0 Å². The summed E-state index contributed by atoms with van der Waals surface area (Å²) in [6.07, 6.45) is 0.886. The molecule has 1 aliphatic heterocycles. The maximum Gasteiger partial charge on any atom is 0.152 e. The second kappa shape index (κ2) is 4.90. The minimum atomic E-state index is 0.424. The Balaban J connectivity index is 1.97. The number of aromatic amines is 1. The molecule has 1 aliphatic rings. The van der Waals surface area contributed by atoms with Gasteiger partial charge in [0.2, 0.25) is 0 Å². The van der Waals surface area contributed by atoms with Crippen molar-refractivity contribution < 1.29 is 0 Å². The summed E-state index contributed by atoms with van der Waals surface area (Å²) >= 11 is 0. The summed E-state index contributed by atoms with van der Waals surface area (Å²) < 4.78 is 0. The third-order valence-electron chi connectivity index (χ3n) is 3.17. The zero-order valence-corrected chi connectivity index (χ0v) is 9.98. The average molecular weight is 224 g/mol. The molecule has 0 saturated carbocycles. The molecule has 1 unspecified atom stereocenters. The largest absolute Gasteiger partial charge is 0.324 e. The molecule has 2 heterocycles. The summed E-state index contributed by atoms with van der Waals surface area (Å²) in [5, 5.41) is 7.03. The van der Waals surface area contributed by atoms with E-state index in [1.54, 1.807) is 0 Å². The van der Waals surface area contributed by atoms with Crippen LogP contribution in [0.1, 0.15) is 11.6 Å². The topological polar surface area (TPSA) is 74.1 Å². The molecule has 0 amide bonds. The van der Waals surface area contributed by atoms with Crippen molar-refractivity contribution in [2.45, 2.75) is 19.0 Å². The molecule has 90 valence electrons. The lowest BCUT2D eigenvalue weighted by molar-refractivity contribution is 0.113. The number of nitrogens with one attached hydrogen (secondary N) is 1. The first-order valence-electron chi connectivity index (χ1n) is 5.68. The Morgan fingerprint density at radius 3 is 2.94 bits per heavy atom.